The summed E-state index contributed by atoms with van der Waals surface area (Å²) in [5, 5.41) is 15.3. The van der Waals surface area contributed by atoms with Crippen molar-refractivity contribution in [2.75, 3.05) is 16.2 Å². The van der Waals surface area contributed by atoms with E-state index in [0.717, 1.165) is 24.2 Å². The molecule has 0 fully saturated rings. The van der Waals surface area contributed by atoms with E-state index in [-0.39, 0.29) is 22.5 Å². The number of nitrogens with one attached hydrogen (secondary N) is 1. The second kappa shape index (κ2) is 8.84. The lowest BCUT2D eigenvalue weighted by Gasteiger charge is -2.39. The second-order valence-corrected chi connectivity index (χ2v) is 9.21. The Morgan fingerprint density at radius 2 is 2.07 bits per heavy atom. The lowest BCUT2D eigenvalue weighted by molar-refractivity contribution is -0.0429. The van der Waals surface area contributed by atoms with Crippen LogP contribution in [-0.2, 0) is 16.4 Å². The first kappa shape index (κ1) is 22.4. The van der Waals surface area contributed by atoms with Crippen LogP contribution in [0.25, 0.3) is 0 Å². The molecule has 2 heterocycles. The maximum absolute atomic E-state index is 13.1. The molecule has 0 saturated carbocycles. The first-order chi connectivity index (χ1) is 14.2. The van der Waals surface area contributed by atoms with Gasteiger partial charge in [-0.1, -0.05) is 25.2 Å². The van der Waals surface area contributed by atoms with Gasteiger partial charge in [0, 0.05) is 23.8 Å². The van der Waals surface area contributed by atoms with E-state index in [1.54, 1.807) is 10.8 Å². The summed E-state index contributed by atoms with van der Waals surface area (Å²) in [4.78, 5) is 2.12. The minimum atomic E-state index is -5.62. The van der Waals surface area contributed by atoms with Gasteiger partial charge in [-0.25, -0.2) is 0 Å². The SMILES string of the molecule is CCCN1c2ccc(N=Nc3nncs3)c(NS(=O)(=O)C(F)(F)F)c2CCC1CC. The minimum Gasteiger partial charge on any atom is -0.368 e. The van der Waals surface area contributed by atoms with Gasteiger partial charge in [0.15, 0.2) is 0 Å². The Bertz CT molecular complexity index is 1010. The van der Waals surface area contributed by atoms with E-state index in [1.165, 1.54) is 11.6 Å². The first-order valence-corrected chi connectivity index (χ1v) is 11.7. The van der Waals surface area contributed by atoms with Crippen LogP contribution in [0, 0.1) is 0 Å². The van der Waals surface area contributed by atoms with Crippen molar-refractivity contribution in [3.8, 4) is 0 Å². The summed E-state index contributed by atoms with van der Waals surface area (Å²) >= 11 is 1.09. The van der Waals surface area contributed by atoms with E-state index >= 15 is 0 Å². The van der Waals surface area contributed by atoms with Gasteiger partial charge in [0.25, 0.3) is 5.13 Å². The molecule has 13 heteroatoms. The highest BCUT2D eigenvalue weighted by Gasteiger charge is 2.47. The summed E-state index contributed by atoms with van der Waals surface area (Å²) in [5.41, 5.74) is -3.04. The van der Waals surface area contributed by atoms with Gasteiger partial charge in [-0.3, -0.25) is 4.72 Å². The molecule has 8 nitrogen and oxygen atoms in total. The van der Waals surface area contributed by atoms with Gasteiger partial charge in [-0.05, 0) is 37.8 Å². The molecule has 1 unspecified atom stereocenters. The summed E-state index contributed by atoms with van der Waals surface area (Å²) < 4.78 is 64.7. The van der Waals surface area contributed by atoms with E-state index in [2.05, 4.69) is 32.2 Å². The van der Waals surface area contributed by atoms with Gasteiger partial charge in [-0.2, -0.15) is 21.6 Å². The molecule has 1 aromatic heterocycles. The summed E-state index contributed by atoms with van der Waals surface area (Å²) in [5.74, 6) is 0. The number of fused-ring (bicyclic) bond motifs is 1. The fraction of sp³-hybridized carbons (Fsp3) is 0.529. The zero-order valence-corrected chi connectivity index (χ0v) is 18.0. The third-order valence-electron chi connectivity index (χ3n) is 4.81. The molecule has 1 aliphatic rings. The average Bonchev–Trinajstić information content (AvgIpc) is 3.20. The van der Waals surface area contributed by atoms with Gasteiger partial charge in [0.05, 0.1) is 5.69 Å². The molecule has 0 spiro atoms. The Morgan fingerprint density at radius 3 is 2.67 bits per heavy atom. The fourth-order valence-electron chi connectivity index (χ4n) is 3.48. The summed E-state index contributed by atoms with van der Waals surface area (Å²) in [6.45, 7) is 4.78. The molecule has 164 valence electrons. The summed E-state index contributed by atoms with van der Waals surface area (Å²) in [6, 6.07) is 3.46. The number of nitrogens with zero attached hydrogens (tertiary/aromatic N) is 5. The van der Waals surface area contributed by atoms with Gasteiger partial charge in [0.2, 0.25) is 0 Å². The average molecular weight is 463 g/mol. The fourth-order valence-corrected chi connectivity index (χ4v) is 4.46. The van der Waals surface area contributed by atoms with E-state index in [0.29, 0.717) is 30.6 Å². The highest BCUT2D eigenvalue weighted by molar-refractivity contribution is 7.93. The molecule has 2 aromatic rings. The maximum atomic E-state index is 13.1. The summed E-state index contributed by atoms with van der Waals surface area (Å²) in [7, 11) is -5.62. The van der Waals surface area contributed by atoms with E-state index in [4.69, 9.17) is 0 Å². The lowest BCUT2D eigenvalue weighted by atomic mass is 9.92. The number of azo groups is 1. The van der Waals surface area contributed by atoms with Gasteiger partial charge < -0.3 is 4.90 Å². The zero-order chi connectivity index (χ0) is 21.9. The largest absolute Gasteiger partial charge is 0.516 e. The molecule has 1 N–H and O–H groups in total. The quantitative estimate of drug-likeness (QED) is 0.573. The number of alkyl halides is 3. The third kappa shape index (κ3) is 4.56. The molecule has 0 aliphatic carbocycles. The van der Waals surface area contributed by atoms with Gasteiger partial charge in [0.1, 0.15) is 11.2 Å². The van der Waals surface area contributed by atoms with Crippen LogP contribution in [0.3, 0.4) is 0 Å². The van der Waals surface area contributed by atoms with Crippen molar-refractivity contribution in [3.05, 3.63) is 23.2 Å². The molecule has 1 atom stereocenters. The van der Waals surface area contributed by atoms with E-state index < -0.39 is 15.5 Å². The maximum Gasteiger partial charge on any atom is 0.516 e. The Kier molecular flexibility index (Phi) is 6.60. The molecule has 1 aliphatic heterocycles. The van der Waals surface area contributed by atoms with Crippen LogP contribution in [-0.4, -0.2) is 36.7 Å². The molecule has 0 saturated heterocycles. The van der Waals surface area contributed by atoms with Gasteiger partial charge in [-0.15, -0.1) is 20.4 Å². The second-order valence-electron chi connectivity index (χ2n) is 6.72. The zero-order valence-electron chi connectivity index (χ0n) is 16.3. The predicted molar refractivity (Wildman–Crippen MR) is 109 cm³/mol. The van der Waals surface area contributed by atoms with Crippen LogP contribution in [0.1, 0.15) is 38.7 Å². The van der Waals surface area contributed by atoms with Crippen molar-refractivity contribution in [1.29, 1.82) is 0 Å². The first-order valence-electron chi connectivity index (χ1n) is 9.37. The molecule has 3 rings (SSSR count). The number of hydrogen-bond donors (Lipinski definition) is 1. The molecule has 0 amide bonds. The number of rotatable bonds is 7. The monoisotopic (exact) mass is 462 g/mol. The number of sulfonamides is 1. The lowest BCUT2D eigenvalue weighted by Crippen LogP contribution is -2.40. The van der Waals surface area contributed by atoms with Crippen molar-refractivity contribution >= 4 is 43.6 Å². The van der Waals surface area contributed by atoms with Crippen LogP contribution >= 0.6 is 11.3 Å². The van der Waals surface area contributed by atoms with Crippen molar-refractivity contribution in [3.63, 3.8) is 0 Å². The summed E-state index contributed by atoms with van der Waals surface area (Å²) in [6.07, 6.45) is 2.84. The molecule has 0 bridgehead atoms. The minimum absolute atomic E-state index is 0.0110. The van der Waals surface area contributed by atoms with Crippen LogP contribution in [0.15, 0.2) is 27.9 Å². The normalized spacial score (nSPS) is 17.4. The highest BCUT2D eigenvalue weighted by Crippen LogP contribution is 2.43. The number of anilines is 2. The van der Waals surface area contributed by atoms with E-state index in [9.17, 15) is 21.6 Å². The van der Waals surface area contributed by atoms with Crippen molar-refractivity contribution < 1.29 is 21.6 Å². The highest BCUT2D eigenvalue weighted by atomic mass is 32.2. The Morgan fingerprint density at radius 1 is 1.30 bits per heavy atom. The van der Waals surface area contributed by atoms with Crippen LogP contribution in [0.5, 0.6) is 0 Å². The number of benzene rings is 1. The topological polar surface area (TPSA) is 99.9 Å². The smallest absolute Gasteiger partial charge is 0.368 e. The Hall–Kier alpha value is -2.28. The molecular formula is C17H21F3N6O2S2. The Balaban J connectivity index is 2.12. The molecular weight excluding hydrogens is 441 g/mol. The van der Waals surface area contributed by atoms with Crippen molar-refractivity contribution in [1.82, 2.24) is 10.2 Å². The van der Waals surface area contributed by atoms with Crippen molar-refractivity contribution in [2.24, 2.45) is 10.2 Å². The van der Waals surface area contributed by atoms with Crippen LogP contribution in [0.2, 0.25) is 0 Å². The Labute approximate surface area is 176 Å². The molecule has 0 radical (unpaired) electrons. The van der Waals surface area contributed by atoms with Crippen LogP contribution in [0.4, 0.5) is 35.4 Å². The number of aromatic nitrogens is 2. The van der Waals surface area contributed by atoms with Crippen LogP contribution < -0.4 is 9.62 Å². The van der Waals surface area contributed by atoms with Gasteiger partial charge >= 0.3 is 15.5 Å². The van der Waals surface area contributed by atoms with Crippen molar-refractivity contribution in [2.45, 2.75) is 51.1 Å². The van der Waals surface area contributed by atoms with E-state index in [1.807, 2.05) is 6.92 Å². The number of hydrogen-bond acceptors (Lipinski definition) is 8. The molecule has 30 heavy (non-hydrogen) atoms. The standard InChI is InChI=1S/C17H21F3N6O2S2/c1-3-9-26-11(4-2)5-6-12-14(26)8-7-13(22-24-16-23-21-10-29-16)15(12)25-30(27,28)17(18,19)20/h7-8,10-11,25H,3-6,9H2,1-2H3. The third-order valence-corrected chi connectivity index (χ3v) is 6.47. The number of halogens is 3. The molecule has 1 aromatic carbocycles. The predicted octanol–water partition coefficient (Wildman–Crippen LogP) is 5.16.